The Balaban J connectivity index is 2.16. The molecule has 0 fully saturated rings. The lowest BCUT2D eigenvalue weighted by atomic mass is 10.1. The molecule has 0 saturated heterocycles. The molecular formula is C15H12N2O3. The van der Waals surface area contributed by atoms with Gasteiger partial charge >= 0.3 is 0 Å². The third-order valence-electron chi connectivity index (χ3n) is 3.19. The molecule has 2 aromatic heterocycles. The van der Waals surface area contributed by atoms with Crippen LogP contribution in [0.3, 0.4) is 0 Å². The van der Waals surface area contributed by atoms with Crippen LogP contribution in [-0.4, -0.2) is 15.8 Å². The number of hydrogen-bond donors (Lipinski definition) is 0. The van der Waals surface area contributed by atoms with E-state index in [1.54, 1.807) is 34.9 Å². The summed E-state index contributed by atoms with van der Waals surface area (Å²) in [4.78, 5) is 27.0. The zero-order valence-electron chi connectivity index (χ0n) is 10.9. The van der Waals surface area contributed by atoms with Crippen molar-refractivity contribution in [3.63, 3.8) is 0 Å². The normalized spacial score (nSPS) is 10.8. The molecule has 0 N–H and O–H groups in total. The number of aryl methyl sites for hydroxylation is 1. The molecule has 0 radical (unpaired) electrons. The first-order valence-corrected chi connectivity index (χ1v) is 6.27. The summed E-state index contributed by atoms with van der Waals surface area (Å²) in [6.45, 7) is 2.48. The van der Waals surface area contributed by atoms with Gasteiger partial charge in [0, 0.05) is 12.1 Å². The summed E-state index contributed by atoms with van der Waals surface area (Å²) in [5.41, 5.74) is 1.34. The molecule has 1 aromatic carbocycles. The lowest BCUT2D eigenvalue weighted by Crippen LogP contribution is -2.19. The van der Waals surface area contributed by atoms with Gasteiger partial charge in [-0.1, -0.05) is 6.07 Å². The van der Waals surface area contributed by atoms with Gasteiger partial charge in [0.05, 0.1) is 17.2 Å². The summed E-state index contributed by atoms with van der Waals surface area (Å²) in [6, 6.07) is 8.63. The van der Waals surface area contributed by atoms with E-state index in [-0.39, 0.29) is 11.3 Å². The highest BCUT2D eigenvalue weighted by Gasteiger charge is 2.08. The molecule has 0 spiro atoms. The Hall–Kier alpha value is -2.69. The number of furan rings is 1. The summed E-state index contributed by atoms with van der Waals surface area (Å²) in [5, 5.41) is 0.570. The maximum Gasteiger partial charge on any atom is 0.261 e. The second-order valence-corrected chi connectivity index (χ2v) is 4.39. The second-order valence-electron chi connectivity index (χ2n) is 4.39. The third-order valence-corrected chi connectivity index (χ3v) is 3.19. The Morgan fingerprint density at radius 2 is 2.15 bits per heavy atom. The van der Waals surface area contributed by atoms with Crippen molar-refractivity contribution in [2.45, 2.75) is 13.5 Å². The van der Waals surface area contributed by atoms with E-state index in [4.69, 9.17) is 4.42 Å². The Labute approximate surface area is 114 Å². The van der Waals surface area contributed by atoms with Crippen molar-refractivity contribution in [3.8, 4) is 11.3 Å². The minimum absolute atomic E-state index is 0.0583. The highest BCUT2D eigenvalue weighted by molar-refractivity contribution is 5.83. The van der Waals surface area contributed by atoms with Crippen LogP contribution in [-0.2, 0) is 6.54 Å². The molecule has 2 heterocycles. The highest BCUT2D eigenvalue weighted by Crippen LogP contribution is 2.23. The van der Waals surface area contributed by atoms with Crippen LogP contribution in [0.15, 0.2) is 45.9 Å². The molecule has 5 heteroatoms. The first-order chi connectivity index (χ1) is 9.72. The van der Waals surface area contributed by atoms with Crippen molar-refractivity contribution in [3.05, 3.63) is 52.8 Å². The van der Waals surface area contributed by atoms with E-state index in [0.29, 0.717) is 29.5 Å². The van der Waals surface area contributed by atoms with Gasteiger partial charge < -0.3 is 4.42 Å². The third kappa shape index (κ3) is 1.93. The quantitative estimate of drug-likeness (QED) is 0.684. The van der Waals surface area contributed by atoms with Crippen LogP contribution < -0.4 is 5.56 Å². The monoisotopic (exact) mass is 268 g/mol. The van der Waals surface area contributed by atoms with Gasteiger partial charge in [0.1, 0.15) is 5.76 Å². The van der Waals surface area contributed by atoms with E-state index in [0.717, 1.165) is 5.56 Å². The SMILES string of the molecule is CCn1cnc2cc(-c3ccc(C=O)o3)ccc2c1=O. The minimum Gasteiger partial charge on any atom is -0.453 e. The lowest BCUT2D eigenvalue weighted by molar-refractivity contribution is 0.110. The maximum atomic E-state index is 12.1. The fourth-order valence-electron chi connectivity index (χ4n) is 2.11. The minimum atomic E-state index is -0.0583. The topological polar surface area (TPSA) is 65.1 Å². The molecular weight excluding hydrogens is 256 g/mol. The summed E-state index contributed by atoms with van der Waals surface area (Å²) < 4.78 is 6.92. The number of hydrogen-bond acceptors (Lipinski definition) is 4. The van der Waals surface area contributed by atoms with Gasteiger partial charge in [-0.25, -0.2) is 4.98 Å². The second kappa shape index (κ2) is 4.77. The fourth-order valence-corrected chi connectivity index (χ4v) is 2.11. The van der Waals surface area contributed by atoms with E-state index in [1.807, 2.05) is 6.92 Å². The number of aldehydes is 1. The molecule has 5 nitrogen and oxygen atoms in total. The van der Waals surface area contributed by atoms with Crippen LogP contribution >= 0.6 is 0 Å². The molecule has 0 saturated carbocycles. The molecule has 0 bridgehead atoms. The summed E-state index contributed by atoms with van der Waals surface area (Å²) in [6.07, 6.45) is 2.19. The van der Waals surface area contributed by atoms with Crippen molar-refractivity contribution in [1.29, 1.82) is 0 Å². The van der Waals surface area contributed by atoms with Gasteiger partial charge in [0.25, 0.3) is 5.56 Å². The molecule has 20 heavy (non-hydrogen) atoms. The van der Waals surface area contributed by atoms with Crippen LogP contribution in [0.4, 0.5) is 0 Å². The number of nitrogens with zero attached hydrogens (tertiary/aromatic N) is 2. The number of rotatable bonds is 3. The molecule has 3 aromatic rings. The van der Waals surface area contributed by atoms with E-state index < -0.39 is 0 Å². The Bertz CT molecular complexity index is 846. The smallest absolute Gasteiger partial charge is 0.261 e. The number of carbonyl (C=O) groups is 1. The summed E-state index contributed by atoms with van der Waals surface area (Å²) in [5.74, 6) is 0.852. The van der Waals surface area contributed by atoms with Crippen LogP contribution in [0.2, 0.25) is 0 Å². The van der Waals surface area contributed by atoms with Crippen molar-refractivity contribution in [1.82, 2.24) is 9.55 Å². The average Bonchev–Trinajstić information content (AvgIpc) is 2.96. The molecule has 100 valence electrons. The Kier molecular flexibility index (Phi) is 2.95. The lowest BCUT2D eigenvalue weighted by Gasteiger charge is -2.04. The zero-order valence-corrected chi connectivity index (χ0v) is 10.9. The molecule has 0 amide bonds. The van der Waals surface area contributed by atoms with Crippen molar-refractivity contribution in [2.75, 3.05) is 0 Å². The number of benzene rings is 1. The molecule has 0 aliphatic carbocycles. The van der Waals surface area contributed by atoms with E-state index >= 15 is 0 Å². The van der Waals surface area contributed by atoms with Crippen LogP contribution in [0, 0.1) is 0 Å². The Morgan fingerprint density at radius 1 is 1.30 bits per heavy atom. The van der Waals surface area contributed by atoms with Gasteiger partial charge in [-0.3, -0.25) is 14.2 Å². The van der Waals surface area contributed by atoms with E-state index in [2.05, 4.69) is 4.98 Å². The molecule has 0 aliphatic heterocycles. The zero-order chi connectivity index (χ0) is 14.1. The van der Waals surface area contributed by atoms with Gasteiger partial charge in [-0.15, -0.1) is 0 Å². The predicted octanol–water partition coefficient (Wildman–Crippen LogP) is 2.49. The standard InChI is InChI=1S/C15H12N2O3/c1-2-17-9-16-13-7-10(3-5-12(13)15(17)19)14-6-4-11(8-18)20-14/h3-9H,2H2,1H3. The van der Waals surface area contributed by atoms with Crippen molar-refractivity contribution < 1.29 is 9.21 Å². The van der Waals surface area contributed by atoms with Crippen LogP contribution in [0.5, 0.6) is 0 Å². The first kappa shape index (κ1) is 12.3. The highest BCUT2D eigenvalue weighted by atomic mass is 16.3. The number of aromatic nitrogens is 2. The summed E-state index contributed by atoms with van der Waals surface area (Å²) >= 11 is 0. The average molecular weight is 268 g/mol. The molecule has 0 aliphatic rings. The number of carbonyl (C=O) groups excluding carboxylic acids is 1. The van der Waals surface area contributed by atoms with Gasteiger partial charge in [0.2, 0.25) is 0 Å². The predicted molar refractivity (Wildman–Crippen MR) is 74.8 cm³/mol. The molecule has 0 atom stereocenters. The maximum absolute atomic E-state index is 12.1. The number of fused-ring (bicyclic) bond motifs is 1. The van der Waals surface area contributed by atoms with Gasteiger partial charge in [-0.05, 0) is 31.2 Å². The van der Waals surface area contributed by atoms with Crippen LogP contribution in [0.25, 0.3) is 22.2 Å². The van der Waals surface area contributed by atoms with Crippen LogP contribution in [0.1, 0.15) is 17.5 Å². The first-order valence-electron chi connectivity index (χ1n) is 6.27. The Morgan fingerprint density at radius 3 is 2.85 bits per heavy atom. The molecule has 0 unspecified atom stereocenters. The van der Waals surface area contributed by atoms with E-state index in [1.165, 1.54) is 6.33 Å². The van der Waals surface area contributed by atoms with E-state index in [9.17, 15) is 9.59 Å². The van der Waals surface area contributed by atoms with Crippen molar-refractivity contribution >= 4 is 17.2 Å². The van der Waals surface area contributed by atoms with Gasteiger partial charge in [-0.2, -0.15) is 0 Å². The molecule has 3 rings (SSSR count). The largest absolute Gasteiger partial charge is 0.453 e. The van der Waals surface area contributed by atoms with Gasteiger partial charge in [0.15, 0.2) is 12.0 Å². The van der Waals surface area contributed by atoms with Crippen molar-refractivity contribution in [2.24, 2.45) is 0 Å². The summed E-state index contributed by atoms with van der Waals surface area (Å²) in [7, 11) is 0. The fraction of sp³-hybridized carbons (Fsp3) is 0.133.